The van der Waals surface area contributed by atoms with Crippen molar-refractivity contribution in [1.29, 1.82) is 0 Å². The highest BCUT2D eigenvalue weighted by molar-refractivity contribution is 8.01. The maximum absolute atomic E-state index is 13.2. The summed E-state index contributed by atoms with van der Waals surface area (Å²) in [6, 6.07) is 27.4. The maximum atomic E-state index is 13.2. The summed E-state index contributed by atoms with van der Waals surface area (Å²) in [5.74, 6) is 2.10. The van der Waals surface area contributed by atoms with E-state index in [4.69, 9.17) is 42.7 Å². The van der Waals surface area contributed by atoms with Gasteiger partial charge in [0, 0.05) is 63.1 Å². The van der Waals surface area contributed by atoms with Crippen LogP contribution in [0.1, 0.15) is 21.9 Å². The number of anilines is 4. The molecule has 0 spiro atoms. The molecule has 0 bridgehead atoms. The predicted molar refractivity (Wildman–Crippen MR) is 218 cm³/mol. The Balaban J connectivity index is 1.03. The van der Waals surface area contributed by atoms with Crippen molar-refractivity contribution < 1.29 is 19.1 Å². The van der Waals surface area contributed by atoms with Gasteiger partial charge in [-0.05, 0) is 59.7 Å². The van der Waals surface area contributed by atoms with Crippen LogP contribution in [0.2, 0.25) is 10.0 Å². The molecule has 5 aromatic carbocycles. The Morgan fingerprint density at radius 2 is 1.00 bits per heavy atom. The van der Waals surface area contributed by atoms with Gasteiger partial charge in [-0.3, -0.25) is 19.4 Å². The van der Waals surface area contributed by atoms with Crippen LogP contribution >= 0.6 is 46.7 Å². The molecule has 4 aliphatic rings. The van der Waals surface area contributed by atoms with Crippen LogP contribution in [-0.4, -0.2) is 51.5 Å². The number of amides is 2. The summed E-state index contributed by atoms with van der Waals surface area (Å²) in [6.07, 6.45) is 0. The lowest BCUT2D eigenvalue weighted by atomic mass is 10.1. The van der Waals surface area contributed by atoms with E-state index < -0.39 is 0 Å². The zero-order chi connectivity index (χ0) is 37.4. The highest BCUT2D eigenvalue weighted by Gasteiger charge is 2.37. The minimum atomic E-state index is -0.191. The Bertz CT molecular complexity index is 2340. The van der Waals surface area contributed by atoms with Crippen molar-refractivity contribution in [1.82, 2.24) is 0 Å². The average Bonchev–Trinajstić information content (AvgIpc) is 3.77. The molecule has 2 unspecified atom stereocenters. The number of carbonyl (C=O) groups is 2. The number of rotatable bonds is 6. The number of benzene rings is 5. The molecule has 14 heteroatoms. The Labute approximate surface area is 330 Å². The van der Waals surface area contributed by atoms with Crippen molar-refractivity contribution in [3.8, 4) is 23.0 Å². The van der Waals surface area contributed by atoms with Crippen LogP contribution in [0.3, 0.4) is 0 Å². The van der Waals surface area contributed by atoms with Crippen molar-refractivity contribution in [2.75, 3.05) is 59.3 Å². The highest BCUT2D eigenvalue weighted by Crippen LogP contribution is 2.49. The van der Waals surface area contributed by atoms with Gasteiger partial charge in [0.25, 0.3) is 0 Å². The van der Waals surface area contributed by atoms with Crippen LogP contribution in [-0.2, 0) is 9.59 Å². The quantitative estimate of drug-likeness (QED) is 0.165. The second kappa shape index (κ2) is 13.5. The van der Waals surface area contributed by atoms with E-state index >= 15 is 0 Å². The summed E-state index contributed by atoms with van der Waals surface area (Å²) in [5.41, 5.74) is 6.65. The number of hydrogen-bond acceptors (Lipinski definition) is 10. The zero-order valence-electron chi connectivity index (χ0n) is 29.5. The van der Waals surface area contributed by atoms with Gasteiger partial charge < -0.3 is 19.3 Å². The SMILES string of the molecule is CN(C)c1ccc(C2SCC(=O)N2c2ccc3c(c2)Oc2c(Cl)c4c(c(Cl)c2=N3)Oc2cc(N3C(=O)CSC3c3ccc(N(C)C)cc3)ccc2N=4)cc1. The number of halogens is 2. The molecular weight excluding hydrogens is 764 g/mol. The Hall–Kier alpha value is -4.88. The fourth-order valence-corrected chi connectivity index (χ4v) is 9.76. The zero-order valence-corrected chi connectivity index (χ0v) is 32.7. The third-order valence-corrected chi connectivity index (χ3v) is 12.8. The minimum absolute atomic E-state index is 0.00439. The molecule has 10 nitrogen and oxygen atoms in total. The highest BCUT2D eigenvalue weighted by atomic mass is 35.5. The largest absolute Gasteiger partial charge is 0.451 e. The van der Waals surface area contributed by atoms with E-state index in [1.807, 2.05) is 74.4 Å². The van der Waals surface area contributed by atoms with E-state index in [2.05, 4.69) is 48.5 Å². The molecule has 4 aliphatic heterocycles. The first kappa shape index (κ1) is 34.9. The van der Waals surface area contributed by atoms with Crippen LogP contribution in [0.15, 0.2) is 94.9 Å². The van der Waals surface area contributed by atoms with Crippen LogP contribution < -0.4 is 39.8 Å². The fraction of sp³-hybridized carbons (Fsp3) is 0.200. The van der Waals surface area contributed by atoms with Gasteiger partial charge >= 0.3 is 0 Å². The third kappa shape index (κ3) is 5.83. The molecule has 0 saturated carbocycles. The number of carbonyl (C=O) groups excluding carboxylic acids is 2. The van der Waals surface area contributed by atoms with Gasteiger partial charge in [0.2, 0.25) is 11.8 Å². The summed E-state index contributed by atoms with van der Waals surface area (Å²) in [7, 11) is 7.99. The molecular formula is C40H32Cl2N6O4S2. The van der Waals surface area contributed by atoms with Crippen LogP contribution in [0, 0.1) is 0 Å². The Kier molecular flexibility index (Phi) is 8.68. The van der Waals surface area contributed by atoms with Crippen LogP contribution in [0.5, 0.6) is 23.0 Å². The normalized spacial score (nSPS) is 18.1. The molecule has 0 aliphatic carbocycles. The standard InChI is InChI=1S/C40H32Cl2N6O4S2/c1-45(2)23-9-5-21(6-10-23)39-47(31(49)19-53-39)25-13-15-27-29(17-25)51-37-33(41)36-38(34(42)35(37)43-27)52-30-18-26(14-16-28(30)44-36)48-32(50)20-54-40(48)22-7-11-24(12-8-22)46(3)4/h5-18,39-40H,19-20H2,1-4H3. The lowest BCUT2D eigenvalue weighted by Crippen LogP contribution is -2.28. The Morgan fingerprint density at radius 1 is 0.611 bits per heavy atom. The molecule has 5 aromatic rings. The van der Waals surface area contributed by atoms with Gasteiger partial charge in [-0.25, -0.2) is 9.98 Å². The van der Waals surface area contributed by atoms with E-state index in [9.17, 15) is 9.59 Å². The average molecular weight is 796 g/mol. The molecule has 2 saturated heterocycles. The van der Waals surface area contributed by atoms with E-state index in [1.165, 1.54) is 0 Å². The smallest absolute Gasteiger partial charge is 0.238 e. The van der Waals surface area contributed by atoms with Crippen molar-refractivity contribution in [2.45, 2.75) is 10.7 Å². The van der Waals surface area contributed by atoms with Gasteiger partial charge in [-0.1, -0.05) is 47.5 Å². The first-order valence-electron chi connectivity index (χ1n) is 17.1. The second-order valence-electron chi connectivity index (χ2n) is 13.5. The topological polar surface area (TPSA) is 90.3 Å². The lowest BCUT2D eigenvalue weighted by Gasteiger charge is -2.27. The van der Waals surface area contributed by atoms with Gasteiger partial charge in [0.1, 0.15) is 42.9 Å². The molecule has 0 N–H and O–H groups in total. The summed E-state index contributed by atoms with van der Waals surface area (Å²) >= 11 is 17.2. The third-order valence-electron chi connectivity index (χ3n) is 9.70. The van der Waals surface area contributed by atoms with Gasteiger partial charge in [0.15, 0.2) is 23.0 Å². The molecule has 2 amide bonds. The van der Waals surface area contributed by atoms with Crippen LogP contribution in [0.25, 0.3) is 0 Å². The van der Waals surface area contributed by atoms with Crippen molar-refractivity contribution in [2.24, 2.45) is 9.98 Å². The van der Waals surface area contributed by atoms with E-state index in [0.717, 1.165) is 22.5 Å². The number of hydrogen-bond donors (Lipinski definition) is 0. The number of thioether (sulfide) groups is 2. The second-order valence-corrected chi connectivity index (χ2v) is 16.4. The van der Waals surface area contributed by atoms with E-state index in [0.29, 0.717) is 56.5 Å². The lowest BCUT2D eigenvalue weighted by molar-refractivity contribution is -0.116. The molecule has 272 valence electrons. The number of ether oxygens (including phenoxy) is 2. The summed E-state index contributed by atoms with van der Waals surface area (Å²) in [6.45, 7) is 0. The molecule has 2 atom stereocenters. The predicted octanol–water partition coefficient (Wildman–Crippen LogP) is 8.80. The molecule has 0 aromatic heterocycles. The van der Waals surface area contributed by atoms with Crippen molar-refractivity contribution in [3.63, 3.8) is 0 Å². The number of nitrogens with zero attached hydrogens (tertiary/aromatic N) is 6. The molecule has 0 radical (unpaired) electrons. The van der Waals surface area contributed by atoms with E-state index in [1.54, 1.807) is 33.3 Å². The first-order chi connectivity index (χ1) is 26.0. The van der Waals surface area contributed by atoms with Gasteiger partial charge in [0.05, 0.1) is 11.5 Å². The van der Waals surface area contributed by atoms with Gasteiger partial charge in [-0.2, -0.15) is 0 Å². The summed E-state index contributed by atoms with van der Waals surface area (Å²) in [4.78, 5) is 43.8. The van der Waals surface area contributed by atoms with Crippen LogP contribution in [0.4, 0.5) is 34.1 Å². The first-order valence-corrected chi connectivity index (χ1v) is 19.9. The van der Waals surface area contributed by atoms with E-state index in [-0.39, 0.29) is 44.1 Å². The summed E-state index contributed by atoms with van der Waals surface area (Å²) in [5, 5.41) is 0.632. The summed E-state index contributed by atoms with van der Waals surface area (Å²) < 4.78 is 12.8. The fourth-order valence-electron chi connectivity index (χ4n) is 6.90. The van der Waals surface area contributed by atoms with Crippen molar-refractivity contribution in [3.05, 3.63) is 117 Å². The van der Waals surface area contributed by atoms with Gasteiger partial charge in [-0.15, -0.1) is 23.5 Å². The molecule has 2 fully saturated rings. The molecule has 4 heterocycles. The molecule has 54 heavy (non-hydrogen) atoms. The number of fused-ring (bicyclic) bond motifs is 4. The minimum Gasteiger partial charge on any atom is -0.451 e. The maximum Gasteiger partial charge on any atom is 0.238 e. The monoisotopic (exact) mass is 794 g/mol. The van der Waals surface area contributed by atoms with Crippen molar-refractivity contribution >= 4 is 92.7 Å². The molecule has 9 rings (SSSR count). The Morgan fingerprint density at radius 3 is 1.37 bits per heavy atom.